The molecular formula is C22H19ClFNO3. The number of halogens is 2. The topological polar surface area (TPSA) is 39.7 Å². The molecule has 3 aromatic rings. The van der Waals surface area contributed by atoms with Crippen molar-refractivity contribution >= 4 is 11.6 Å². The van der Waals surface area contributed by atoms with Crippen molar-refractivity contribution in [1.29, 1.82) is 0 Å². The van der Waals surface area contributed by atoms with E-state index in [-0.39, 0.29) is 12.6 Å². The highest BCUT2D eigenvalue weighted by atomic mass is 35.5. The predicted octanol–water partition coefficient (Wildman–Crippen LogP) is 5.08. The number of benzene rings is 3. The minimum Gasteiger partial charge on any atom is -0.489 e. The summed E-state index contributed by atoms with van der Waals surface area (Å²) in [4.78, 5) is 0. The molecule has 0 aromatic heterocycles. The van der Waals surface area contributed by atoms with Crippen molar-refractivity contribution in [2.45, 2.75) is 19.7 Å². The molecule has 0 radical (unpaired) electrons. The van der Waals surface area contributed by atoms with Crippen LogP contribution in [0.15, 0.2) is 60.7 Å². The first-order valence-electron chi connectivity index (χ1n) is 8.92. The number of hydrogen-bond acceptors (Lipinski definition) is 4. The van der Waals surface area contributed by atoms with Gasteiger partial charge in [0, 0.05) is 23.7 Å². The fourth-order valence-electron chi connectivity index (χ4n) is 2.96. The lowest BCUT2D eigenvalue weighted by molar-refractivity contribution is 0.174. The average Bonchev–Trinajstić information content (AvgIpc) is 3.16. The molecule has 1 aliphatic rings. The molecule has 3 aromatic carbocycles. The van der Waals surface area contributed by atoms with Gasteiger partial charge in [0.25, 0.3) is 0 Å². The van der Waals surface area contributed by atoms with Crippen molar-refractivity contribution in [3.8, 4) is 17.2 Å². The summed E-state index contributed by atoms with van der Waals surface area (Å²) in [5, 5.41) is 4.05. The third kappa shape index (κ3) is 4.55. The van der Waals surface area contributed by atoms with Crippen LogP contribution in [0.25, 0.3) is 0 Å². The fourth-order valence-corrected chi connectivity index (χ4v) is 3.16. The summed E-state index contributed by atoms with van der Waals surface area (Å²) in [7, 11) is 0. The molecule has 0 atom stereocenters. The Labute approximate surface area is 167 Å². The van der Waals surface area contributed by atoms with E-state index >= 15 is 0 Å². The Bertz CT molecular complexity index is 962. The Hall–Kier alpha value is -2.76. The number of nitrogens with one attached hydrogen (secondary N) is 1. The van der Waals surface area contributed by atoms with Crippen molar-refractivity contribution in [3.63, 3.8) is 0 Å². The quantitative estimate of drug-likeness (QED) is 0.601. The molecule has 0 fully saturated rings. The fraction of sp³-hybridized carbons (Fsp3) is 0.182. The van der Waals surface area contributed by atoms with Crippen LogP contribution in [0.3, 0.4) is 0 Å². The molecule has 4 nitrogen and oxygen atoms in total. The molecule has 4 rings (SSSR count). The molecule has 0 aliphatic carbocycles. The van der Waals surface area contributed by atoms with Gasteiger partial charge in [-0.3, -0.25) is 0 Å². The van der Waals surface area contributed by atoms with Gasteiger partial charge in [0.15, 0.2) is 11.5 Å². The lowest BCUT2D eigenvalue weighted by Crippen LogP contribution is -2.13. The normalized spacial score (nSPS) is 12.2. The standard InChI is InChI=1S/C22H19ClFNO3/c23-18-4-8-20(26-13-15-1-5-19(24)6-2-15)17(10-18)12-25-11-16-3-7-21-22(9-16)28-14-27-21/h1-10,25H,11-14H2. The van der Waals surface area contributed by atoms with Crippen LogP contribution < -0.4 is 19.5 Å². The van der Waals surface area contributed by atoms with Gasteiger partial charge < -0.3 is 19.5 Å². The van der Waals surface area contributed by atoms with E-state index < -0.39 is 0 Å². The van der Waals surface area contributed by atoms with Crippen molar-refractivity contribution in [1.82, 2.24) is 5.32 Å². The van der Waals surface area contributed by atoms with Gasteiger partial charge in [-0.05, 0) is 53.6 Å². The van der Waals surface area contributed by atoms with Gasteiger partial charge in [-0.2, -0.15) is 0 Å². The molecular weight excluding hydrogens is 381 g/mol. The van der Waals surface area contributed by atoms with Crippen molar-refractivity contribution in [3.05, 3.63) is 88.2 Å². The second-order valence-electron chi connectivity index (χ2n) is 6.46. The first kappa shape index (κ1) is 18.6. The Morgan fingerprint density at radius 2 is 1.68 bits per heavy atom. The highest BCUT2D eigenvalue weighted by molar-refractivity contribution is 6.30. The zero-order chi connectivity index (χ0) is 19.3. The van der Waals surface area contributed by atoms with E-state index in [1.165, 1.54) is 12.1 Å². The van der Waals surface area contributed by atoms with Gasteiger partial charge in [-0.15, -0.1) is 0 Å². The molecule has 0 saturated heterocycles. The molecule has 0 spiro atoms. The van der Waals surface area contributed by atoms with Crippen LogP contribution >= 0.6 is 11.6 Å². The molecule has 0 unspecified atom stereocenters. The molecule has 144 valence electrons. The lowest BCUT2D eigenvalue weighted by Gasteiger charge is -2.13. The molecule has 1 N–H and O–H groups in total. The second kappa shape index (κ2) is 8.50. The third-order valence-electron chi connectivity index (χ3n) is 4.41. The van der Waals surface area contributed by atoms with E-state index in [1.807, 2.05) is 30.3 Å². The molecule has 1 heterocycles. The average molecular weight is 400 g/mol. The first-order chi connectivity index (χ1) is 13.7. The first-order valence-corrected chi connectivity index (χ1v) is 9.30. The number of rotatable bonds is 7. The largest absolute Gasteiger partial charge is 0.489 e. The summed E-state index contributed by atoms with van der Waals surface area (Å²) in [6, 6.07) is 17.7. The molecule has 0 amide bonds. The Kier molecular flexibility index (Phi) is 5.65. The van der Waals surface area contributed by atoms with E-state index in [9.17, 15) is 4.39 Å². The van der Waals surface area contributed by atoms with E-state index in [4.69, 9.17) is 25.8 Å². The van der Waals surface area contributed by atoms with E-state index in [2.05, 4.69) is 5.32 Å². The van der Waals surface area contributed by atoms with Crippen molar-refractivity contribution in [2.24, 2.45) is 0 Å². The van der Waals surface area contributed by atoms with Gasteiger partial charge >= 0.3 is 0 Å². The van der Waals surface area contributed by atoms with Gasteiger partial charge in [-0.1, -0.05) is 29.8 Å². The summed E-state index contributed by atoms with van der Waals surface area (Å²) in [5.41, 5.74) is 2.95. The number of hydrogen-bond donors (Lipinski definition) is 1. The van der Waals surface area contributed by atoms with E-state index in [1.54, 1.807) is 18.2 Å². The molecule has 6 heteroatoms. The van der Waals surface area contributed by atoms with Crippen LogP contribution in [0, 0.1) is 5.82 Å². The van der Waals surface area contributed by atoms with Crippen LogP contribution in [-0.2, 0) is 19.7 Å². The maximum absolute atomic E-state index is 13.0. The van der Waals surface area contributed by atoms with Crippen molar-refractivity contribution < 1.29 is 18.6 Å². The third-order valence-corrected chi connectivity index (χ3v) is 4.65. The predicted molar refractivity (Wildman–Crippen MR) is 105 cm³/mol. The molecule has 0 bridgehead atoms. The summed E-state index contributed by atoms with van der Waals surface area (Å²) < 4.78 is 29.7. The Morgan fingerprint density at radius 1 is 0.893 bits per heavy atom. The number of fused-ring (bicyclic) bond motifs is 1. The molecule has 1 aliphatic heterocycles. The maximum Gasteiger partial charge on any atom is 0.231 e. The number of ether oxygens (including phenoxy) is 3. The summed E-state index contributed by atoms with van der Waals surface area (Å²) in [5.74, 6) is 2.02. The monoisotopic (exact) mass is 399 g/mol. The Balaban J connectivity index is 1.38. The smallest absolute Gasteiger partial charge is 0.231 e. The van der Waals surface area contributed by atoms with E-state index in [0.717, 1.165) is 33.9 Å². The second-order valence-corrected chi connectivity index (χ2v) is 6.89. The minimum absolute atomic E-state index is 0.261. The van der Waals surface area contributed by atoms with Gasteiger partial charge in [0.2, 0.25) is 6.79 Å². The maximum atomic E-state index is 13.0. The van der Waals surface area contributed by atoms with Crippen LogP contribution in [0.2, 0.25) is 5.02 Å². The summed E-state index contributed by atoms with van der Waals surface area (Å²) in [6.07, 6.45) is 0. The Morgan fingerprint density at radius 3 is 2.54 bits per heavy atom. The highest BCUT2D eigenvalue weighted by Crippen LogP contribution is 2.32. The zero-order valence-corrected chi connectivity index (χ0v) is 15.8. The zero-order valence-electron chi connectivity index (χ0n) is 15.1. The molecule has 28 heavy (non-hydrogen) atoms. The highest BCUT2D eigenvalue weighted by Gasteiger charge is 2.13. The van der Waals surface area contributed by atoms with E-state index in [0.29, 0.717) is 24.7 Å². The lowest BCUT2D eigenvalue weighted by atomic mass is 10.1. The van der Waals surface area contributed by atoms with Gasteiger partial charge in [0.05, 0.1) is 0 Å². The molecule has 0 saturated carbocycles. The van der Waals surface area contributed by atoms with Crippen LogP contribution in [-0.4, -0.2) is 6.79 Å². The van der Waals surface area contributed by atoms with Crippen LogP contribution in [0.4, 0.5) is 4.39 Å². The van der Waals surface area contributed by atoms with Gasteiger partial charge in [-0.25, -0.2) is 4.39 Å². The summed E-state index contributed by atoms with van der Waals surface area (Å²) >= 11 is 6.16. The SMILES string of the molecule is Fc1ccc(COc2ccc(Cl)cc2CNCc2ccc3c(c2)OCO3)cc1. The van der Waals surface area contributed by atoms with Crippen LogP contribution in [0.5, 0.6) is 17.2 Å². The summed E-state index contributed by atoms with van der Waals surface area (Å²) in [6.45, 7) is 1.88. The van der Waals surface area contributed by atoms with Crippen molar-refractivity contribution in [2.75, 3.05) is 6.79 Å². The van der Waals surface area contributed by atoms with Gasteiger partial charge in [0.1, 0.15) is 18.2 Å². The minimum atomic E-state index is -0.261. The van der Waals surface area contributed by atoms with Crippen LogP contribution in [0.1, 0.15) is 16.7 Å².